The van der Waals surface area contributed by atoms with Gasteiger partial charge in [-0.2, -0.15) is 0 Å². The van der Waals surface area contributed by atoms with Gasteiger partial charge in [-0.05, 0) is 19.1 Å². The first-order valence-corrected chi connectivity index (χ1v) is 5.26. The predicted octanol–water partition coefficient (Wildman–Crippen LogP) is 1.92. The van der Waals surface area contributed by atoms with Gasteiger partial charge in [0.25, 0.3) is 0 Å². The van der Waals surface area contributed by atoms with Crippen LogP contribution in [0, 0.1) is 0 Å². The topological polar surface area (TPSA) is 32.7 Å². The summed E-state index contributed by atoms with van der Waals surface area (Å²) in [6.07, 6.45) is 0. The monoisotopic (exact) mass is 212 g/mol. The predicted molar refractivity (Wildman–Crippen MR) is 56.4 cm³/mol. The number of aliphatic imine (C=N–C) groups is 1. The lowest BCUT2D eigenvalue weighted by atomic mass is 10.3. The van der Waals surface area contributed by atoms with Crippen LogP contribution in [0.15, 0.2) is 34.2 Å². The van der Waals surface area contributed by atoms with E-state index in [1.165, 1.54) is 3.71 Å². The molecule has 0 spiro atoms. The molecule has 68 valence electrons. The minimum Gasteiger partial charge on any atom is -0.233 e. The molecule has 1 aliphatic rings. The quantitative estimate of drug-likeness (QED) is 0.655. The van der Waals surface area contributed by atoms with E-state index in [-0.39, 0.29) is 0 Å². The van der Waals surface area contributed by atoms with Crippen LogP contribution < -0.4 is 0 Å². The number of amidine groups is 1. The third-order valence-electron chi connectivity index (χ3n) is 1.77. The second-order valence-electron chi connectivity index (χ2n) is 2.65. The maximum absolute atomic E-state index is 11.7. The van der Waals surface area contributed by atoms with Crippen LogP contribution in [0.5, 0.6) is 0 Å². The summed E-state index contributed by atoms with van der Waals surface area (Å²) in [7, 11) is -1.22. The second-order valence-corrected chi connectivity index (χ2v) is 4.62. The van der Waals surface area contributed by atoms with Gasteiger partial charge in [0.15, 0.2) is 11.0 Å². The first-order chi connectivity index (χ1) is 6.20. The van der Waals surface area contributed by atoms with Crippen molar-refractivity contribution in [3.63, 3.8) is 0 Å². The molecule has 0 fully saturated rings. The highest BCUT2D eigenvalue weighted by Gasteiger charge is 2.21. The van der Waals surface area contributed by atoms with Crippen molar-refractivity contribution in [1.82, 2.24) is 3.71 Å². The van der Waals surface area contributed by atoms with E-state index >= 15 is 0 Å². The maximum Gasteiger partial charge on any atom is 0.166 e. The number of fused-ring (bicyclic) bond motifs is 1. The zero-order chi connectivity index (χ0) is 9.42. The van der Waals surface area contributed by atoms with E-state index in [2.05, 4.69) is 17.8 Å². The summed E-state index contributed by atoms with van der Waals surface area (Å²) in [6, 6.07) is 7.36. The molecule has 0 bridgehead atoms. The van der Waals surface area contributed by atoms with Gasteiger partial charge in [0.2, 0.25) is 0 Å². The first-order valence-electron chi connectivity index (χ1n) is 3.75. The van der Waals surface area contributed by atoms with E-state index in [1.54, 1.807) is 13.0 Å². The van der Waals surface area contributed by atoms with Crippen LogP contribution in [0.2, 0.25) is 0 Å². The van der Waals surface area contributed by atoms with Crippen molar-refractivity contribution in [1.29, 1.82) is 0 Å². The smallest absolute Gasteiger partial charge is 0.166 e. The fourth-order valence-corrected chi connectivity index (χ4v) is 2.39. The lowest BCUT2D eigenvalue weighted by Crippen LogP contribution is -2.24. The Bertz CT molecular complexity index is 403. The Kier molecular flexibility index (Phi) is 2.13. The molecule has 1 aromatic carbocycles. The summed E-state index contributed by atoms with van der Waals surface area (Å²) in [5, 5.41) is 0. The molecule has 0 aromatic heterocycles. The van der Waals surface area contributed by atoms with E-state index in [9.17, 15) is 4.21 Å². The Morgan fingerprint density at radius 2 is 2.15 bits per heavy atom. The van der Waals surface area contributed by atoms with E-state index in [4.69, 9.17) is 0 Å². The molecule has 0 saturated carbocycles. The largest absolute Gasteiger partial charge is 0.233 e. The molecule has 0 aliphatic carbocycles. The highest BCUT2D eigenvalue weighted by Crippen LogP contribution is 2.29. The average molecular weight is 212 g/mol. The van der Waals surface area contributed by atoms with Crippen LogP contribution in [-0.4, -0.2) is 13.8 Å². The lowest BCUT2D eigenvalue weighted by molar-refractivity contribution is 0.669. The molecule has 0 amide bonds. The van der Waals surface area contributed by atoms with Gasteiger partial charge in [0, 0.05) is 0 Å². The van der Waals surface area contributed by atoms with Crippen molar-refractivity contribution in [2.75, 3.05) is 0 Å². The lowest BCUT2D eigenvalue weighted by Gasteiger charge is -2.21. The summed E-state index contributed by atoms with van der Waals surface area (Å²) in [5.74, 6) is 0.653. The summed E-state index contributed by atoms with van der Waals surface area (Å²) in [5.41, 5.74) is 0.767. The minimum atomic E-state index is -1.22. The summed E-state index contributed by atoms with van der Waals surface area (Å²) < 4.78 is 13.1. The van der Waals surface area contributed by atoms with Crippen LogP contribution in [-0.2, 0) is 11.0 Å². The molecule has 2 rings (SSSR count). The highest BCUT2D eigenvalue weighted by atomic mass is 32.2. The standard InChI is InChI=1S/C8H8N2OS2/c1-6-9-7-4-2-3-5-8(7)13(11)10(6)12/h2-5,12H,1H3. The molecule has 0 radical (unpaired) electrons. The molecule has 0 saturated heterocycles. The Balaban J connectivity index is 2.63. The van der Waals surface area contributed by atoms with Gasteiger partial charge in [-0.3, -0.25) is 0 Å². The second kappa shape index (κ2) is 3.16. The molecule has 0 N–H and O–H groups in total. The molecule has 1 aliphatic heterocycles. The molecular formula is C8H8N2OS2. The van der Waals surface area contributed by atoms with E-state index in [0.29, 0.717) is 10.7 Å². The van der Waals surface area contributed by atoms with Crippen LogP contribution in [0.25, 0.3) is 0 Å². The van der Waals surface area contributed by atoms with Crippen LogP contribution in [0.4, 0.5) is 5.69 Å². The van der Waals surface area contributed by atoms with Gasteiger partial charge >= 0.3 is 0 Å². The third-order valence-corrected chi connectivity index (χ3v) is 3.80. The van der Waals surface area contributed by atoms with Crippen molar-refractivity contribution in [2.24, 2.45) is 4.99 Å². The number of rotatable bonds is 0. The zero-order valence-electron chi connectivity index (χ0n) is 6.97. The van der Waals surface area contributed by atoms with Crippen LogP contribution in [0.3, 0.4) is 0 Å². The molecule has 1 aromatic rings. The van der Waals surface area contributed by atoms with Crippen LogP contribution in [0.1, 0.15) is 6.92 Å². The molecule has 3 nitrogen and oxygen atoms in total. The average Bonchev–Trinajstić information content (AvgIpc) is 2.15. The Hall–Kier alpha value is -0.810. The Morgan fingerprint density at radius 3 is 2.92 bits per heavy atom. The molecule has 1 atom stereocenters. The van der Waals surface area contributed by atoms with Crippen molar-refractivity contribution in [3.8, 4) is 0 Å². The van der Waals surface area contributed by atoms with E-state index < -0.39 is 11.0 Å². The molecular weight excluding hydrogens is 204 g/mol. The van der Waals surface area contributed by atoms with Gasteiger partial charge in [-0.25, -0.2) is 12.9 Å². The molecule has 1 unspecified atom stereocenters. The number of benzene rings is 1. The molecule has 1 heterocycles. The number of nitrogens with zero attached hydrogens (tertiary/aromatic N) is 2. The van der Waals surface area contributed by atoms with Gasteiger partial charge in [0.05, 0.1) is 10.6 Å². The first kappa shape index (κ1) is 8.77. The van der Waals surface area contributed by atoms with Gasteiger partial charge in [-0.15, -0.1) is 0 Å². The number of thiol groups is 1. The fourth-order valence-electron chi connectivity index (χ4n) is 1.13. The third kappa shape index (κ3) is 1.38. The number of para-hydroxylation sites is 1. The van der Waals surface area contributed by atoms with Gasteiger partial charge in [-0.1, -0.05) is 24.9 Å². The molecule has 5 heteroatoms. The van der Waals surface area contributed by atoms with Crippen LogP contribution >= 0.6 is 12.8 Å². The summed E-state index contributed by atoms with van der Waals surface area (Å²) in [4.78, 5) is 4.96. The Labute approximate surface area is 84.6 Å². The molecule has 13 heavy (non-hydrogen) atoms. The highest BCUT2D eigenvalue weighted by molar-refractivity contribution is 7.97. The van der Waals surface area contributed by atoms with Crippen molar-refractivity contribution >= 4 is 35.3 Å². The van der Waals surface area contributed by atoms with Gasteiger partial charge in [0.1, 0.15) is 5.84 Å². The normalized spacial score (nSPS) is 20.9. The SMILES string of the molecule is CC1=Nc2ccccc2S(=O)N1S. The van der Waals surface area contributed by atoms with E-state index in [1.807, 2.05) is 18.2 Å². The zero-order valence-corrected chi connectivity index (χ0v) is 8.68. The fraction of sp³-hybridized carbons (Fsp3) is 0.125. The summed E-state index contributed by atoms with van der Waals surface area (Å²) in [6.45, 7) is 1.78. The van der Waals surface area contributed by atoms with E-state index in [0.717, 1.165) is 5.69 Å². The van der Waals surface area contributed by atoms with Crippen molar-refractivity contribution in [3.05, 3.63) is 24.3 Å². The Morgan fingerprint density at radius 1 is 1.46 bits per heavy atom. The minimum absolute atomic E-state index is 0.653. The summed E-state index contributed by atoms with van der Waals surface area (Å²) >= 11 is 4.08. The van der Waals surface area contributed by atoms with Crippen molar-refractivity contribution < 1.29 is 4.21 Å². The number of hydrogen-bond acceptors (Lipinski definition) is 3. The van der Waals surface area contributed by atoms with Crippen molar-refractivity contribution in [2.45, 2.75) is 11.8 Å². The van der Waals surface area contributed by atoms with Gasteiger partial charge < -0.3 is 0 Å². The number of hydrogen-bond donors (Lipinski definition) is 1. The maximum atomic E-state index is 11.7.